The average molecular weight is 161 g/mol. The molecule has 0 N–H and O–H groups in total. The molecule has 1 nitrogen and oxygen atoms in total. The maximum absolute atomic E-state index is 2.21. The molecule has 1 aromatic rings. The molecule has 0 amide bonds. The van der Waals surface area contributed by atoms with Crippen molar-refractivity contribution in [3.63, 3.8) is 0 Å². The number of anilines is 1. The van der Waals surface area contributed by atoms with E-state index < -0.39 is 0 Å². The largest absolute Gasteiger partial charge is 0.349 e. The highest BCUT2D eigenvalue weighted by molar-refractivity contribution is 5.48. The summed E-state index contributed by atoms with van der Waals surface area (Å²) in [5.41, 5.74) is 1.25. The minimum atomic E-state index is 1.01. The van der Waals surface area contributed by atoms with Crippen LogP contribution in [0.1, 0.15) is 13.8 Å². The minimum absolute atomic E-state index is 1.01. The fraction of sp³-hybridized carbons (Fsp3) is 0.273. The van der Waals surface area contributed by atoms with Crippen LogP contribution in [0.5, 0.6) is 0 Å². The van der Waals surface area contributed by atoms with Crippen LogP contribution in [-0.4, -0.2) is 6.54 Å². The van der Waals surface area contributed by atoms with Gasteiger partial charge < -0.3 is 4.90 Å². The second-order valence-corrected chi connectivity index (χ2v) is 2.60. The fourth-order valence-corrected chi connectivity index (χ4v) is 1.17. The second kappa shape index (κ2) is 4.60. The molecule has 0 aliphatic rings. The molecule has 0 spiro atoms. The summed E-state index contributed by atoms with van der Waals surface area (Å²) in [6.45, 7) is 5.19. The second-order valence-electron chi connectivity index (χ2n) is 2.60. The molecule has 0 aliphatic heterocycles. The Labute approximate surface area is 74.3 Å². The number of rotatable bonds is 3. The molecular weight excluding hydrogens is 146 g/mol. The van der Waals surface area contributed by atoms with Gasteiger partial charge in [-0.05, 0) is 32.2 Å². The number of para-hydroxylation sites is 1. The van der Waals surface area contributed by atoms with Gasteiger partial charge >= 0.3 is 0 Å². The van der Waals surface area contributed by atoms with Crippen molar-refractivity contribution in [2.24, 2.45) is 0 Å². The SMILES string of the molecule is C/C=C/N(CC)c1ccccc1. The monoisotopic (exact) mass is 161 g/mol. The summed E-state index contributed by atoms with van der Waals surface area (Å²) >= 11 is 0. The summed E-state index contributed by atoms with van der Waals surface area (Å²) in [4.78, 5) is 2.21. The summed E-state index contributed by atoms with van der Waals surface area (Å²) in [6, 6.07) is 10.4. The van der Waals surface area contributed by atoms with Gasteiger partial charge in [-0.25, -0.2) is 0 Å². The summed E-state index contributed by atoms with van der Waals surface area (Å²) in [5, 5.41) is 0. The highest BCUT2D eigenvalue weighted by Gasteiger charge is 1.96. The molecular formula is C11H15N. The lowest BCUT2D eigenvalue weighted by atomic mass is 10.3. The molecule has 0 saturated carbocycles. The molecule has 1 rings (SSSR count). The fourth-order valence-electron chi connectivity index (χ4n) is 1.17. The predicted molar refractivity (Wildman–Crippen MR) is 54.3 cm³/mol. The van der Waals surface area contributed by atoms with E-state index in [1.54, 1.807) is 0 Å². The van der Waals surface area contributed by atoms with Crippen LogP contribution in [0.15, 0.2) is 42.6 Å². The van der Waals surface area contributed by atoms with E-state index in [0.29, 0.717) is 0 Å². The molecule has 0 unspecified atom stereocenters. The van der Waals surface area contributed by atoms with Gasteiger partial charge in [0.15, 0.2) is 0 Å². The van der Waals surface area contributed by atoms with Crippen molar-refractivity contribution in [2.75, 3.05) is 11.4 Å². The Morgan fingerprint density at radius 3 is 2.42 bits per heavy atom. The molecule has 0 fully saturated rings. The molecule has 0 saturated heterocycles. The molecule has 1 aromatic carbocycles. The summed E-state index contributed by atoms with van der Waals surface area (Å²) in [6.07, 6.45) is 4.14. The normalized spacial score (nSPS) is 10.5. The van der Waals surface area contributed by atoms with Crippen LogP contribution in [0.25, 0.3) is 0 Å². The van der Waals surface area contributed by atoms with Crippen LogP contribution in [0.3, 0.4) is 0 Å². The first-order valence-electron chi connectivity index (χ1n) is 4.33. The van der Waals surface area contributed by atoms with Crippen LogP contribution in [-0.2, 0) is 0 Å². The Hall–Kier alpha value is -1.24. The zero-order valence-corrected chi connectivity index (χ0v) is 7.70. The van der Waals surface area contributed by atoms with Crippen LogP contribution in [0.2, 0.25) is 0 Å². The van der Waals surface area contributed by atoms with E-state index in [4.69, 9.17) is 0 Å². The lowest BCUT2D eigenvalue weighted by Gasteiger charge is -2.17. The molecule has 0 aliphatic carbocycles. The number of allylic oxidation sites excluding steroid dienone is 1. The van der Waals surface area contributed by atoms with Crippen molar-refractivity contribution in [3.05, 3.63) is 42.6 Å². The molecule has 0 heterocycles. The van der Waals surface area contributed by atoms with Crippen LogP contribution in [0.4, 0.5) is 5.69 Å². The van der Waals surface area contributed by atoms with Gasteiger partial charge in [0.1, 0.15) is 0 Å². The maximum atomic E-state index is 2.21. The average Bonchev–Trinajstić information content (AvgIpc) is 2.15. The van der Waals surface area contributed by atoms with Crippen molar-refractivity contribution in [3.8, 4) is 0 Å². The topological polar surface area (TPSA) is 3.24 Å². The Kier molecular flexibility index (Phi) is 3.39. The maximum Gasteiger partial charge on any atom is 0.0405 e. The molecule has 12 heavy (non-hydrogen) atoms. The Morgan fingerprint density at radius 2 is 1.92 bits per heavy atom. The zero-order valence-electron chi connectivity index (χ0n) is 7.70. The highest BCUT2D eigenvalue weighted by Crippen LogP contribution is 2.12. The van der Waals surface area contributed by atoms with Gasteiger partial charge in [0.2, 0.25) is 0 Å². The van der Waals surface area contributed by atoms with E-state index in [0.717, 1.165) is 6.54 Å². The van der Waals surface area contributed by atoms with Crippen molar-refractivity contribution in [1.29, 1.82) is 0 Å². The van der Waals surface area contributed by atoms with Crippen LogP contribution >= 0.6 is 0 Å². The van der Waals surface area contributed by atoms with Crippen LogP contribution < -0.4 is 4.90 Å². The lowest BCUT2D eigenvalue weighted by molar-refractivity contribution is 1.01. The van der Waals surface area contributed by atoms with Crippen molar-refractivity contribution in [2.45, 2.75) is 13.8 Å². The Balaban J connectivity index is 2.80. The molecule has 0 radical (unpaired) electrons. The molecule has 0 aromatic heterocycles. The van der Waals surface area contributed by atoms with E-state index in [1.807, 2.05) is 13.0 Å². The van der Waals surface area contributed by atoms with Crippen LogP contribution in [0, 0.1) is 0 Å². The summed E-state index contributed by atoms with van der Waals surface area (Å²) < 4.78 is 0. The number of hydrogen-bond donors (Lipinski definition) is 0. The van der Waals surface area contributed by atoms with Crippen molar-refractivity contribution in [1.82, 2.24) is 0 Å². The van der Waals surface area contributed by atoms with Gasteiger partial charge in [-0.3, -0.25) is 0 Å². The third-order valence-electron chi connectivity index (χ3n) is 1.76. The predicted octanol–water partition coefficient (Wildman–Crippen LogP) is 3.05. The van der Waals surface area contributed by atoms with Gasteiger partial charge in [0, 0.05) is 12.2 Å². The third-order valence-corrected chi connectivity index (χ3v) is 1.76. The Morgan fingerprint density at radius 1 is 1.25 bits per heavy atom. The summed E-state index contributed by atoms with van der Waals surface area (Å²) in [5.74, 6) is 0. The van der Waals surface area contributed by atoms with Crippen molar-refractivity contribution >= 4 is 5.69 Å². The van der Waals surface area contributed by atoms with E-state index >= 15 is 0 Å². The first-order valence-corrected chi connectivity index (χ1v) is 4.33. The van der Waals surface area contributed by atoms with Gasteiger partial charge in [-0.2, -0.15) is 0 Å². The summed E-state index contributed by atoms with van der Waals surface area (Å²) in [7, 11) is 0. The van der Waals surface area contributed by atoms with Crippen molar-refractivity contribution < 1.29 is 0 Å². The smallest absolute Gasteiger partial charge is 0.0405 e. The van der Waals surface area contributed by atoms with E-state index in [2.05, 4.69) is 48.4 Å². The first-order chi connectivity index (χ1) is 5.88. The van der Waals surface area contributed by atoms with Gasteiger partial charge in [-0.1, -0.05) is 24.3 Å². The zero-order chi connectivity index (χ0) is 8.81. The highest BCUT2D eigenvalue weighted by atomic mass is 15.1. The number of hydrogen-bond acceptors (Lipinski definition) is 1. The van der Waals surface area contributed by atoms with Gasteiger partial charge in [0.05, 0.1) is 0 Å². The standard InChI is InChI=1S/C11H15N/c1-3-10-12(4-2)11-8-6-5-7-9-11/h3,5-10H,4H2,1-2H3/b10-3+. The van der Waals surface area contributed by atoms with E-state index in [1.165, 1.54) is 5.69 Å². The molecule has 1 heteroatoms. The quantitative estimate of drug-likeness (QED) is 0.658. The van der Waals surface area contributed by atoms with Gasteiger partial charge in [-0.15, -0.1) is 0 Å². The van der Waals surface area contributed by atoms with E-state index in [9.17, 15) is 0 Å². The first kappa shape index (κ1) is 8.85. The molecule has 0 atom stereocenters. The number of benzene rings is 1. The van der Waals surface area contributed by atoms with E-state index in [-0.39, 0.29) is 0 Å². The minimum Gasteiger partial charge on any atom is -0.349 e. The number of nitrogens with zero attached hydrogens (tertiary/aromatic N) is 1. The Bertz CT molecular complexity index is 238. The molecule has 64 valence electrons. The lowest BCUT2D eigenvalue weighted by Crippen LogP contribution is -2.14. The molecule has 0 bridgehead atoms. The van der Waals surface area contributed by atoms with Gasteiger partial charge in [0.25, 0.3) is 0 Å². The third kappa shape index (κ3) is 2.12.